The van der Waals surface area contributed by atoms with Gasteiger partial charge in [0.1, 0.15) is 0 Å². The van der Waals surface area contributed by atoms with Gasteiger partial charge in [0.25, 0.3) is 0 Å². The molecular weight excluding hydrogens is 227 g/mol. The maximum atomic E-state index is 12.0. The number of alkyl halides is 3. The zero-order chi connectivity index (χ0) is 12.9. The predicted octanol–water partition coefficient (Wildman–Crippen LogP) is 4.53. The van der Waals surface area contributed by atoms with Crippen LogP contribution in [0.1, 0.15) is 31.7 Å². The average Bonchev–Trinajstić information content (AvgIpc) is 2.15. The Balaban J connectivity index is 2.32. The smallest absolute Gasteiger partial charge is 0.383 e. The summed E-state index contributed by atoms with van der Waals surface area (Å²) in [6, 6.07) is 7.88. The van der Waals surface area contributed by atoms with Crippen molar-refractivity contribution in [3.63, 3.8) is 0 Å². The summed E-state index contributed by atoms with van der Waals surface area (Å²) in [5, 5.41) is 3.20. The Morgan fingerprint density at radius 1 is 1.29 bits per heavy atom. The number of rotatable bonds is 5. The Labute approximate surface area is 100 Å². The summed E-state index contributed by atoms with van der Waals surface area (Å²) in [5.74, 6) is 0. The molecule has 0 spiro atoms. The molecule has 0 heterocycles. The van der Waals surface area contributed by atoms with Gasteiger partial charge in [0.15, 0.2) is 0 Å². The fourth-order valence-electron chi connectivity index (χ4n) is 1.70. The number of benzene rings is 1. The van der Waals surface area contributed by atoms with E-state index < -0.39 is 12.6 Å². The highest BCUT2D eigenvalue weighted by Crippen LogP contribution is 2.23. The molecule has 0 radical (unpaired) electrons. The molecule has 0 bridgehead atoms. The van der Waals surface area contributed by atoms with E-state index in [0.29, 0.717) is 6.42 Å². The van der Waals surface area contributed by atoms with Crippen LogP contribution in [0.4, 0.5) is 18.9 Å². The third-order valence-electron chi connectivity index (χ3n) is 2.53. The van der Waals surface area contributed by atoms with E-state index in [4.69, 9.17) is 0 Å². The summed E-state index contributed by atoms with van der Waals surface area (Å²) >= 11 is 0. The van der Waals surface area contributed by atoms with Crippen molar-refractivity contribution >= 4 is 5.69 Å². The normalized spacial score (nSPS) is 13.5. The average molecular weight is 245 g/mol. The summed E-state index contributed by atoms with van der Waals surface area (Å²) < 4.78 is 35.9. The third kappa shape index (κ3) is 6.19. The highest BCUT2D eigenvalue weighted by molar-refractivity contribution is 5.45. The first kappa shape index (κ1) is 13.9. The molecule has 17 heavy (non-hydrogen) atoms. The van der Waals surface area contributed by atoms with Crippen molar-refractivity contribution in [1.82, 2.24) is 0 Å². The van der Waals surface area contributed by atoms with Gasteiger partial charge in [-0.15, -0.1) is 0 Å². The molecule has 0 saturated carbocycles. The minimum atomic E-state index is -4.04. The number of aryl methyl sites for hydroxylation is 1. The first-order valence-corrected chi connectivity index (χ1v) is 5.77. The molecule has 1 N–H and O–H groups in total. The number of anilines is 1. The standard InChI is InChI=1S/C13H18F3N/c1-10-5-3-7-12(9-10)17-11(2)6-4-8-13(14,15)16/h3,5,7,9,11,17H,4,6,8H2,1-2H3. The van der Waals surface area contributed by atoms with Gasteiger partial charge in [-0.25, -0.2) is 0 Å². The second-order valence-electron chi connectivity index (χ2n) is 4.42. The molecule has 1 aromatic carbocycles. The highest BCUT2D eigenvalue weighted by atomic mass is 19.4. The largest absolute Gasteiger partial charge is 0.389 e. The third-order valence-corrected chi connectivity index (χ3v) is 2.53. The summed E-state index contributed by atoms with van der Waals surface area (Å²) in [6.07, 6.45) is -4.05. The van der Waals surface area contributed by atoms with Gasteiger partial charge < -0.3 is 5.32 Å². The monoisotopic (exact) mass is 245 g/mol. The molecule has 1 aromatic rings. The fraction of sp³-hybridized carbons (Fsp3) is 0.538. The van der Waals surface area contributed by atoms with E-state index in [0.717, 1.165) is 11.3 Å². The maximum absolute atomic E-state index is 12.0. The molecule has 0 saturated heterocycles. The van der Waals surface area contributed by atoms with Crippen molar-refractivity contribution in [3.8, 4) is 0 Å². The van der Waals surface area contributed by atoms with Gasteiger partial charge >= 0.3 is 6.18 Å². The summed E-state index contributed by atoms with van der Waals surface area (Å²) in [5.41, 5.74) is 2.10. The van der Waals surface area contributed by atoms with Gasteiger partial charge in [0.05, 0.1) is 0 Å². The van der Waals surface area contributed by atoms with Crippen LogP contribution in [0.5, 0.6) is 0 Å². The minimum Gasteiger partial charge on any atom is -0.383 e. The molecule has 1 rings (SSSR count). The molecule has 0 aliphatic rings. The number of nitrogens with one attached hydrogen (secondary N) is 1. The van der Waals surface area contributed by atoms with Crippen molar-refractivity contribution in [3.05, 3.63) is 29.8 Å². The van der Waals surface area contributed by atoms with E-state index >= 15 is 0 Å². The Morgan fingerprint density at radius 3 is 2.59 bits per heavy atom. The van der Waals surface area contributed by atoms with Crippen LogP contribution in [0.2, 0.25) is 0 Å². The Kier molecular flexibility index (Phi) is 4.85. The first-order valence-electron chi connectivity index (χ1n) is 5.77. The van der Waals surface area contributed by atoms with Crippen LogP contribution in [0, 0.1) is 6.92 Å². The van der Waals surface area contributed by atoms with E-state index in [-0.39, 0.29) is 12.5 Å². The van der Waals surface area contributed by atoms with Crippen LogP contribution < -0.4 is 5.32 Å². The molecule has 1 nitrogen and oxygen atoms in total. The second-order valence-corrected chi connectivity index (χ2v) is 4.42. The first-order chi connectivity index (χ1) is 7.87. The van der Waals surface area contributed by atoms with Gasteiger partial charge in [0, 0.05) is 18.2 Å². The molecule has 1 atom stereocenters. The van der Waals surface area contributed by atoms with E-state index in [1.54, 1.807) is 0 Å². The lowest BCUT2D eigenvalue weighted by Crippen LogP contribution is -2.16. The Bertz CT molecular complexity index is 347. The lowest BCUT2D eigenvalue weighted by Gasteiger charge is -2.16. The quantitative estimate of drug-likeness (QED) is 0.803. The van der Waals surface area contributed by atoms with Gasteiger partial charge in [-0.05, 0) is 44.4 Å². The molecular formula is C13H18F3N. The molecule has 0 aromatic heterocycles. The van der Waals surface area contributed by atoms with Crippen LogP contribution in [0.15, 0.2) is 24.3 Å². The predicted molar refractivity (Wildman–Crippen MR) is 64.2 cm³/mol. The Morgan fingerprint density at radius 2 is 2.00 bits per heavy atom. The van der Waals surface area contributed by atoms with Crippen molar-refractivity contribution in [2.45, 2.75) is 45.3 Å². The van der Waals surface area contributed by atoms with E-state index in [1.165, 1.54) is 0 Å². The van der Waals surface area contributed by atoms with Gasteiger partial charge in [-0.1, -0.05) is 12.1 Å². The van der Waals surface area contributed by atoms with Crippen LogP contribution >= 0.6 is 0 Å². The maximum Gasteiger partial charge on any atom is 0.389 e. The second kappa shape index (κ2) is 5.94. The van der Waals surface area contributed by atoms with E-state index in [2.05, 4.69) is 5.32 Å². The SMILES string of the molecule is Cc1cccc(NC(C)CCCC(F)(F)F)c1. The van der Waals surface area contributed by atoms with Gasteiger partial charge in [0.2, 0.25) is 0 Å². The Hall–Kier alpha value is -1.19. The van der Waals surface area contributed by atoms with Crippen molar-refractivity contribution < 1.29 is 13.2 Å². The van der Waals surface area contributed by atoms with Crippen molar-refractivity contribution in [2.75, 3.05) is 5.32 Å². The molecule has 0 aliphatic carbocycles. The van der Waals surface area contributed by atoms with Crippen LogP contribution in [-0.2, 0) is 0 Å². The van der Waals surface area contributed by atoms with E-state index in [1.807, 2.05) is 38.1 Å². The molecule has 0 amide bonds. The van der Waals surface area contributed by atoms with Crippen LogP contribution in [0.25, 0.3) is 0 Å². The zero-order valence-corrected chi connectivity index (χ0v) is 10.1. The lowest BCUT2D eigenvalue weighted by atomic mass is 10.1. The van der Waals surface area contributed by atoms with E-state index in [9.17, 15) is 13.2 Å². The van der Waals surface area contributed by atoms with Crippen LogP contribution in [0.3, 0.4) is 0 Å². The van der Waals surface area contributed by atoms with Gasteiger partial charge in [-0.2, -0.15) is 13.2 Å². The molecule has 4 heteroatoms. The zero-order valence-electron chi connectivity index (χ0n) is 10.1. The summed E-state index contributed by atoms with van der Waals surface area (Å²) in [4.78, 5) is 0. The molecule has 0 fully saturated rings. The topological polar surface area (TPSA) is 12.0 Å². The van der Waals surface area contributed by atoms with Gasteiger partial charge in [-0.3, -0.25) is 0 Å². The minimum absolute atomic E-state index is 0.0548. The van der Waals surface area contributed by atoms with Crippen molar-refractivity contribution in [2.24, 2.45) is 0 Å². The number of halogens is 3. The summed E-state index contributed by atoms with van der Waals surface area (Å²) in [7, 11) is 0. The van der Waals surface area contributed by atoms with Crippen molar-refractivity contribution in [1.29, 1.82) is 0 Å². The fourth-order valence-corrected chi connectivity index (χ4v) is 1.70. The number of hydrogen-bond donors (Lipinski definition) is 1. The molecule has 0 aliphatic heterocycles. The number of hydrogen-bond acceptors (Lipinski definition) is 1. The lowest BCUT2D eigenvalue weighted by molar-refractivity contribution is -0.135. The molecule has 1 unspecified atom stereocenters. The molecule has 96 valence electrons. The van der Waals surface area contributed by atoms with Crippen LogP contribution in [-0.4, -0.2) is 12.2 Å². The summed E-state index contributed by atoms with van der Waals surface area (Å²) in [6.45, 7) is 3.89. The highest BCUT2D eigenvalue weighted by Gasteiger charge is 2.26.